The highest BCUT2D eigenvalue weighted by molar-refractivity contribution is 5.69. The van der Waals surface area contributed by atoms with Gasteiger partial charge in [-0.1, -0.05) is 54.6 Å². The summed E-state index contributed by atoms with van der Waals surface area (Å²) in [7, 11) is 0. The average molecular weight is 283 g/mol. The molecule has 0 saturated heterocycles. The van der Waals surface area contributed by atoms with Gasteiger partial charge in [-0.25, -0.2) is 4.79 Å². The van der Waals surface area contributed by atoms with Crippen LogP contribution in [0.4, 0.5) is 4.79 Å². The Kier molecular flexibility index (Phi) is 5.35. The van der Waals surface area contributed by atoms with Crippen molar-refractivity contribution in [2.24, 2.45) is 11.5 Å². The minimum absolute atomic E-state index is 0.474. The van der Waals surface area contributed by atoms with E-state index in [9.17, 15) is 0 Å². The van der Waals surface area contributed by atoms with E-state index in [4.69, 9.17) is 4.79 Å². The highest BCUT2D eigenvalue weighted by atomic mass is 16.2. The fourth-order valence-corrected chi connectivity index (χ4v) is 2.62. The van der Waals surface area contributed by atoms with Crippen LogP contribution in [-0.4, -0.2) is 12.6 Å². The van der Waals surface area contributed by atoms with E-state index in [1.54, 1.807) is 0 Å². The van der Waals surface area contributed by atoms with Gasteiger partial charge in [0.1, 0.15) is 0 Å². The third kappa shape index (κ3) is 4.61. The van der Waals surface area contributed by atoms with Gasteiger partial charge in [-0.15, -0.1) is 0 Å². The van der Waals surface area contributed by atoms with Gasteiger partial charge in [0, 0.05) is 6.04 Å². The van der Waals surface area contributed by atoms with E-state index < -0.39 is 6.03 Å². The topological polar surface area (TPSA) is 81.1 Å². The van der Waals surface area contributed by atoms with E-state index in [2.05, 4.69) is 71.4 Å². The van der Waals surface area contributed by atoms with Crippen molar-refractivity contribution in [1.29, 1.82) is 0 Å². The summed E-state index contributed by atoms with van der Waals surface area (Å²) in [5, 5.41) is 3.62. The fraction of sp³-hybridized carbons (Fsp3) is 0.235. The zero-order valence-corrected chi connectivity index (χ0v) is 12.0. The molecule has 3 rings (SSSR count). The molecule has 2 aromatic rings. The largest absolute Gasteiger partial charge is 0.352 e. The summed E-state index contributed by atoms with van der Waals surface area (Å²) in [5.41, 5.74) is 12.9. The summed E-state index contributed by atoms with van der Waals surface area (Å²) >= 11 is 0. The normalized spacial score (nSPS) is 16.3. The van der Waals surface area contributed by atoms with E-state index in [0.29, 0.717) is 6.04 Å². The van der Waals surface area contributed by atoms with Crippen molar-refractivity contribution in [2.45, 2.75) is 18.9 Å². The first kappa shape index (κ1) is 15.1. The lowest BCUT2D eigenvalue weighted by atomic mass is 9.90. The smallest absolute Gasteiger partial charge is 0.309 e. The zero-order chi connectivity index (χ0) is 15.1. The molecule has 0 fully saturated rings. The van der Waals surface area contributed by atoms with Gasteiger partial charge in [0.15, 0.2) is 0 Å². The number of urea groups is 1. The fourth-order valence-electron chi connectivity index (χ4n) is 2.62. The Balaban J connectivity index is 0.000000361. The van der Waals surface area contributed by atoms with Gasteiger partial charge < -0.3 is 16.8 Å². The molecule has 0 radical (unpaired) electrons. The van der Waals surface area contributed by atoms with Crippen LogP contribution < -0.4 is 16.8 Å². The molecule has 0 aromatic heterocycles. The molecule has 1 aliphatic heterocycles. The summed E-state index contributed by atoms with van der Waals surface area (Å²) in [6.07, 6.45) is 2.24. The Bertz CT molecular complexity index is 580. The van der Waals surface area contributed by atoms with E-state index >= 15 is 0 Å². The van der Waals surface area contributed by atoms with Crippen molar-refractivity contribution in [2.75, 3.05) is 6.54 Å². The quantitative estimate of drug-likeness (QED) is 0.789. The number of hydrogen-bond donors (Lipinski definition) is 3. The molecule has 0 aliphatic carbocycles. The average Bonchev–Trinajstić information content (AvgIpc) is 2.48. The summed E-state index contributed by atoms with van der Waals surface area (Å²) in [5.74, 6) is 0. The molecular formula is C17H21N3O. The van der Waals surface area contributed by atoms with Gasteiger partial charge in [0.25, 0.3) is 0 Å². The second kappa shape index (κ2) is 7.45. The Labute approximate surface area is 125 Å². The summed E-state index contributed by atoms with van der Waals surface area (Å²) in [4.78, 5) is 9.00. The van der Waals surface area contributed by atoms with Crippen LogP contribution in [0.3, 0.4) is 0 Å². The minimum atomic E-state index is -0.833. The lowest BCUT2D eigenvalue weighted by Crippen LogP contribution is -2.31. The number of hydrogen-bond acceptors (Lipinski definition) is 2. The Hall–Kier alpha value is -2.33. The number of carbonyl (C=O) groups excluding carboxylic acids is 1. The van der Waals surface area contributed by atoms with Gasteiger partial charge in [-0.2, -0.15) is 0 Å². The zero-order valence-electron chi connectivity index (χ0n) is 12.0. The van der Waals surface area contributed by atoms with Crippen LogP contribution in [0.2, 0.25) is 0 Å². The van der Waals surface area contributed by atoms with Crippen molar-refractivity contribution in [1.82, 2.24) is 5.32 Å². The van der Waals surface area contributed by atoms with Gasteiger partial charge in [0.2, 0.25) is 0 Å². The summed E-state index contributed by atoms with van der Waals surface area (Å²) < 4.78 is 0. The molecular weight excluding hydrogens is 262 g/mol. The second-order valence-electron chi connectivity index (χ2n) is 5.05. The molecule has 110 valence electrons. The van der Waals surface area contributed by atoms with Crippen molar-refractivity contribution >= 4 is 6.03 Å². The predicted octanol–water partition coefficient (Wildman–Crippen LogP) is 2.14. The van der Waals surface area contributed by atoms with E-state index in [0.717, 1.165) is 19.4 Å². The number of nitrogens with two attached hydrogens (primary N) is 2. The molecule has 4 heteroatoms. The second-order valence-corrected chi connectivity index (χ2v) is 5.05. The molecule has 0 spiro atoms. The molecule has 2 aromatic carbocycles. The standard InChI is InChI=1S/C16H17N.CH4N2O/c1-2-6-13(7-3-1)12-16-15-9-5-4-8-14(15)10-11-17-16;2-1(3)4/h1-9,16-17H,10-12H2;(H4,2,3,4). The lowest BCUT2D eigenvalue weighted by Gasteiger charge is -2.27. The number of carbonyl (C=O) groups is 1. The number of nitrogens with one attached hydrogen (secondary N) is 1. The van der Waals surface area contributed by atoms with Crippen LogP contribution in [0.1, 0.15) is 22.7 Å². The number of benzene rings is 2. The van der Waals surface area contributed by atoms with Crippen LogP contribution in [0.25, 0.3) is 0 Å². The number of amides is 2. The van der Waals surface area contributed by atoms with Crippen LogP contribution in [-0.2, 0) is 12.8 Å². The van der Waals surface area contributed by atoms with Crippen LogP contribution in [0.15, 0.2) is 54.6 Å². The Morgan fingerprint density at radius 2 is 1.67 bits per heavy atom. The predicted molar refractivity (Wildman–Crippen MR) is 84.8 cm³/mol. The third-order valence-corrected chi connectivity index (χ3v) is 3.50. The lowest BCUT2D eigenvalue weighted by molar-refractivity contribution is 0.256. The highest BCUT2D eigenvalue weighted by Crippen LogP contribution is 2.25. The first-order chi connectivity index (χ1) is 10.2. The molecule has 1 unspecified atom stereocenters. The molecule has 0 bridgehead atoms. The highest BCUT2D eigenvalue weighted by Gasteiger charge is 2.18. The monoisotopic (exact) mass is 283 g/mol. The first-order valence-electron chi connectivity index (χ1n) is 7.07. The molecule has 1 atom stereocenters. The first-order valence-corrected chi connectivity index (χ1v) is 7.07. The Morgan fingerprint density at radius 3 is 2.38 bits per heavy atom. The van der Waals surface area contributed by atoms with Crippen molar-refractivity contribution in [3.8, 4) is 0 Å². The van der Waals surface area contributed by atoms with Gasteiger partial charge in [0.05, 0.1) is 0 Å². The molecule has 5 N–H and O–H groups in total. The minimum Gasteiger partial charge on any atom is -0.352 e. The SMILES string of the molecule is NC(N)=O.c1ccc(CC2NCCc3ccccc32)cc1. The van der Waals surface area contributed by atoms with Crippen molar-refractivity contribution in [3.05, 3.63) is 71.3 Å². The molecule has 2 amide bonds. The maximum atomic E-state index is 9.00. The maximum Gasteiger partial charge on any atom is 0.309 e. The van der Waals surface area contributed by atoms with Crippen molar-refractivity contribution < 1.29 is 4.79 Å². The van der Waals surface area contributed by atoms with Gasteiger partial charge in [-0.05, 0) is 36.1 Å². The van der Waals surface area contributed by atoms with Crippen LogP contribution in [0.5, 0.6) is 0 Å². The van der Waals surface area contributed by atoms with Crippen molar-refractivity contribution in [3.63, 3.8) is 0 Å². The van der Waals surface area contributed by atoms with E-state index in [-0.39, 0.29) is 0 Å². The number of primary amides is 2. The Morgan fingerprint density at radius 1 is 1.05 bits per heavy atom. The van der Waals surface area contributed by atoms with Gasteiger partial charge >= 0.3 is 6.03 Å². The molecule has 0 saturated carbocycles. The maximum absolute atomic E-state index is 9.00. The van der Waals surface area contributed by atoms with Gasteiger partial charge in [-0.3, -0.25) is 0 Å². The summed E-state index contributed by atoms with van der Waals surface area (Å²) in [6.45, 7) is 1.09. The van der Waals surface area contributed by atoms with Crippen LogP contribution in [0, 0.1) is 0 Å². The molecule has 21 heavy (non-hydrogen) atoms. The van der Waals surface area contributed by atoms with Crippen LogP contribution >= 0.6 is 0 Å². The summed E-state index contributed by atoms with van der Waals surface area (Å²) in [6, 6.07) is 19.2. The molecule has 1 aliphatic rings. The number of fused-ring (bicyclic) bond motifs is 1. The van der Waals surface area contributed by atoms with E-state index in [1.165, 1.54) is 16.7 Å². The molecule has 4 nitrogen and oxygen atoms in total. The van der Waals surface area contributed by atoms with E-state index in [1.807, 2.05) is 0 Å². The molecule has 1 heterocycles. The third-order valence-electron chi connectivity index (χ3n) is 3.50. The number of rotatable bonds is 2.